The van der Waals surface area contributed by atoms with Gasteiger partial charge in [-0.15, -0.1) is 13.2 Å². The van der Waals surface area contributed by atoms with Crippen molar-refractivity contribution in [2.75, 3.05) is 7.11 Å². The Labute approximate surface area is 114 Å². The Morgan fingerprint density at radius 3 is 2.45 bits per heavy atom. The van der Waals surface area contributed by atoms with Gasteiger partial charge in [-0.3, -0.25) is 0 Å². The van der Waals surface area contributed by atoms with Gasteiger partial charge in [0.25, 0.3) is 0 Å². The van der Waals surface area contributed by atoms with E-state index >= 15 is 0 Å². The second-order valence-electron chi connectivity index (χ2n) is 4.11. The van der Waals surface area contributed by atoms with Crippen molar-refractivity contribution < 1.29 is 22.6 Å². The fraction of sp³-hybridized carbons (Fsp3) is 0.214. The second-order valence-corrected chi connectivity index (χ2v) is 4.11. The van der Waals surface area contributed by atoms with E-state index in [2.05, 4.69) is 9.72 Å². The minimum absolute atomic E-state index is 0.236. The molecule has 0 spiro atoms. The average molecular weight is 283 g/mol. The maximum atomic E-state index is 12.1. The molecule has 0 unspecified atom stereocenters. The van der Waals surface area contributed by atoms with Crippen molar-refractivity contribution in [3.8, 4) is 22.8 Å². The van der Waals surface area contributed by atoms with Crippen molar-refractivity contribution in [2.45, 2.75) is 13.3 Å². The minimum atomic E-state index is -4.69. The Morgan fingerprint density at radius 2 is 1.85 bits per heavy atom. The summed E-state index contributed by atoms with van der Waals surface area (Å²) in [7, 11) is 1.50. The normalized spacial score (nSPS) is 11.2. The van der Waals surface area contributed by atoms with Crippen LogP contribution in [0, 0.1) is 6.92 Å². The van der Waals surface area contributed by atoms with E-state index < -0.39 is 6.36 Å². The molecule has 0 atom stereocenters. The van der Waals surface area contributed by atoms with Crippen molar-refractivity contribution >= 4 is 0 Å². The predicted molar refractivity (Wildman–Crippen MR) is 67.6 cm³/mol. The Morgan fingerprint density at radius 1 is 1.10 bits per heavy atom. The van der Waals surface area contributed by atoms with Crippen LogP contribution in [0.15, 0.2) is 36.5 Å². The number of ether oxygens (including phenoxy) is 2. The van der Waals surface area contributed by atoms with Gasteiger partial charge in [-0.05, 0) is 41.8 Å². The fourth-order valence-corrected chi connectivity index (χ4v) is 1.85. The van der Waals surface area contributed by atoms with Gasteiger partial charge in [0.1, 0.15) is 5.75 Å². The van der Waals surface area contributed by atoms with Gasteiger partial charge in [-0.25, -0.2) is 4.98 Å². The average Bonchev–Trinajstić information content (AvgIpc) is 2.37. The summed E-state index contributed by atoms with van der Waals surface area (Å²) in [4.78, 5) is 3.98. The Kier molecular flexibility index (Phi) is 3.83. The zero-order valence-corrected chi connectivity index (χ0v) is 10.9. The van der Waals surface area contributed by atoms with Crippen LogP contribution in [0.3, 0.4) is 0 Å². The molecule has 1 heterocycles. The van der Waals surface area contributed by atoms with Gasteiger partial charge < -0.3 is 9.47 Å². The van der Waals surface area contributed by atoms with Gasteiger partial charge in [-0.2, -0.15) is 0 Å². The summed E-state index contributed by atoms with van der Waals surface area (Å²) in [6.45, 7) is 1.71. The maximum Gasteiger partial charge on any atom is 0.573 e. The summed E-state index contributed by atoms with van der Waals surface area (Å²) < 4.78 is 45.3. The lowest BCUT2D eigenvalue weighted by Gasteiger charge is -2.12. The summed E-state index contributed by atoms with van der Waals surface area (Å²) in [5.41, 5.74) is 2.27. The molecule has 0 bridgehead atoms. The predicted octanol–water partition coefficient (Wildman–Crippen LogP) is 3.96. The van der Waals surface area contributed by atoms with Crippen molar-refractivity contribution in [1.82, 2.24) is 4.98 Å². The number of hydrogen-bond donors (Lipinski definition) is 0. The molecule has 0 amide bonds. The molecule has 2 rings (SSSR count). The van der Waals surface area contributed by atoms with E-state index in [0.717, 1.165) is 11.1 Å². The molecule has 0 radical (unpaired) electrons. The van der Waals surface area contributed by atoms with Gasteiger partial charge in [0.2, 0.25) is 5.88 Å². The van der Waals surface area contributed by atoms with E-state index in [9.17, 15) is 13.2 Å². The maximum absolute atomic E-state index is 12.1. The van der Waals surface area contributed by atoms with Crippen molar-refractivity contribution in [3.05, 3.63) is 42.1 Å². The molecular formula is C14H12F3NO2. The molecule has 20 heavy (non-hydrogen) atoms. The van der Waals surface area contributed by atoms with Crippen LogP contribution in [0.5, 0.6) is 11.6 Å². The lowest BCUT2D eigenvalue weighted by Crippen LogP contribution is -2.17. The Hall–Kier alpha value is -2.24. The quantitative estimate of drug-likeness (QED) is 0.854. The van der Waals surface area contributed by atoms with Gasteiger partial charge in [0.15, 0.2) is 0 Å². The molecule has 2 aromatic rings. The van der Waals surface area contributed by atoms with Crippen molar-refractivity contribution in [3.63, 3.8) is 0 Å². The molecule has 6 heteroatoms. The molecule has 1 aromatic heterocycles. The van der Waals surface area contributed by atoms with Gasteiger partial charge in [-0.1, -0.05) is 6.07 Å². The molecule has 3 nitrogen and oxygen atoms in total. The fourth-order valence-electron chi connectivity index (χ4n) is 1.85. The molecule has 0 aliphatic heterocycles. The van der Waals surface area contributed by atoms with Crippen LogP contribution in [0.1, 0.15) is 5.56 Å². The number of hydrogen-bond acceptors (Lipinski definition) is 3. The number of rotatable bonds is 3. The number of nitrogens with zero attached hydrogens (tertiary/aromatic N) is 1. The topological polar surface area (TPSA) is 31.4 Å². The summed E-state index contributed by atoms with van der Waals surface area (Å²) >= 11 is 0. The van der Waals surface area contributed by atoms with Gasteiger partial charge in [0, 0.05) is 12.3 Å². The lowest BCUT2D eigenvalue weighted by molar-refractivity contribution is -0.274. The summed E-state index contributed by atoms with van der Waals surface area (Å²) in [6.07, 6.45) is -3.11. The molecule has 0 aliphatic carbocycles. The van der Waals surface area contributed by atoms with Crippen molar-refractivity contribution in [1.29, 1.82) is 0 Å². The Balaban J connectivity index is 2.34. The first-order valence-electron chi connectivity index (χ1n) is 5.76. The van der Waals surface area contributed by atoms with E-state index in [1.165, 1.54) is 19.2 Å². The standard InChI is InChI=1S/C14H12F3NO2/c1-9-7-11(20-14(15,16)17)3-4-12(9)10-5-6-18-13(8-10)19-2/h3-8H,1-2H3. The smallest absolute Gasteiger partial charge is 0.481 e. The number of methoxy groups -OCH3 is 1. The van der Waals surface area contributed by atoms with E-state index in [1.54, 1.807) is 31.3 Å². The number of alkyl halides is 3. The minimum Gasteiger partial charge on any atom is -0.481 e. The molecule has 0 N–H and O–H groups in total. The SMILES string of the molecule is COc1cc(-c2ccc(OC(F)(F)F)cc2C)ccn1. The highest BCUT2D eigenvalue weighted by Gasteiger charge is 2.31. The number of pyridine rings is 1. The zero-order chi connectivity index (χ0) is 14.8. The van der Waals surface area contributed by atoms with Crippen LogP contribution in [0.25, 0.3) is 11.1 Å². The molecular weight excluding hydrogens is 271 g/mol. The summed E-state index contributed by atoms with van der Waals surface area (Å²) in [5, 5.41) is 0. The third-order valence-corrected chi connectivity index (χ3v) is 2.69. The van der Waals surface area contributed by atoms with Gasteiger partial charge in [0.05, 0.1) is 7.11 Å². The van der Waals surface area contributed by atoms with Crippen LogP contribution < -0.4 is 9.47 Å². The van der Waals surface area contributed by atoms with Crippen molar-refractivity contribution in [2.24, 2.45) is 0 Å². The Bertz CT molecular complexity index is 612. The van der Waals surface area contributed by atoms with E-state index in [1.807, 2.05) is 0 Å². The third-order valence-electron chi connectivity index (χ3n) is 2.69. The largest absolute Gasteiger partial charge is 0.573 e. The highest BCUT2D eigenvalue weighted by atomic mass is 19.4. The number of aryl methyl sites for hydroxylation is 1. The molecule has 0 aliphatic rings. The van der Waals surface area contributed by atoms with E-state index in [-0.39, 0.29) is 5.75 Å². The first-order chi connectivity index (χ1) is 9.39. The molecule has 1 aromatic carbocycles. The first kappa shape index (κ1) is 14.2. The summed E-state index contributed by atoms with van der Waals surface area (Å²) in [6, 6.07) is 7.67. The second kappa shape index (κ2) is 5.40. The van der Waals surface area contributed by atoms with Crippen LogP contribution in [0.4, 0.5) is 13.2 Å². The number of aromatic nitrogens is 1. The van der Waals surface area contributed by atoms with Crippen LogP contribution in [-0.2, 0) is 0 Å². The molecule has 0 saturated heterocycles. The van der Waals surface area contributed by atoms with Crippen LogP contribution in [-0.4, -0.2) is 18.5 Å². The van der Waals surface area contributed by atoms with E-state index in [4.69, 9.17) is 4.74 Å². The highest BCUT2D eigenvalue weighted by molar-refractivity contribution is 5.68. The molecule has 0 saturated carbocycles. The van der Waals surface area contributed by atoms with Gasteiger partial charge >= 0.3 is 6.36 Å². The summed E-state index contributed by atoms with van der Waals surface area (Å²) in [5.74, 6) is 0.206. The monoisotopic (exact) mass is 283 g/mol. The third kappa shape index (κ3) is 3.40. The molecule has 106 valence electrons. The van der Waals surface area contributed by atoms with E-state index in [0.29, 0.717) is 11.4 Å². The van der Waals surface area contributed by atoms with Crippen LogP contribution >= 0.6 is 0 Å². The number of halogens is 3. The number of benzene rings is 1. The van der Waals surface area contributed by atoms with Crippen LogP contribution in [0.2, 0.25) is 0 Å². The first-order valence-corrected chi connectivity index (χ1v) is 5.76. The zero-order valence-electron chi connectivity index (χ0n) is 10.9. The molecule has 0 fully saturated rings. The lowest BCUT2D eigenvalue weighted by atomic mass is 10.0. The highest BCUT2D eigenvalue weighted by Crippen LogP contribution is 2.30.